The zero-order valence-corrected chi connectivity index (χ0v) is 13.0. The molecule has 0 atom stereocenters. The van der Waals surface area contributed by atoms with E-state index in [9.17, 15) is 4.79 Å². The maximum atomic E-state index is 12.2. The van der Waals surface area contributed by atoms with Crippen LogP contribution in [0.15, 0.2) is 24.4 Å². The van der Waals surface area contributed by atoms with Crippen LogP contribution in [0.5, 0.6) is 5.75 Å². The number of urea groups is 1. The molecule has 6 nitrogen and oxygen atoms in total. The van der Waals surface area contributed by atoms with Gasteiger partial charge in [-0.2, -0.15) is 0 Å². The fourth-order valence-electron chi connectivity index (χ4n) is 2.77. The number of methoxy groups -OCH3 is 1. The van der Waals surface area contributed by atoms with E-state index < -0.39 is 0 Å². The maximum Gasteiger partial charge on any atom is 0.317 e. The first kappa shape index (κ1) is 14.7. The number of hydrogen-bond acceptors (Lipinski definition) is 3. The van der Waals surface area contributed by atoms with E-state index in [1.54, 1.807) is 12.0 Å². The van der Waals surface area contributed by atoms with E-state index in [2.05, 4.69) is 9.88 Å². The Hall–Kier alpha value is -2.21. The van der Waals surface area contributed by atoms with Crippen molar-refractivity contribution in [3.8, 4) is 5.75 Å². The predicted octanol–water partition coefficient (Wildman–Crippen LogP) is 1.73. The van der Waals surface area contributed by atoms with Crippen LogP contribution in [0.1, 0.15) is 5.56 Å². The minimum atomic E-state index is -0.0387. The van der Waals surface area contributed by atoms with Gasteiger partial charge in [-0.15, -0.1) is 0 Å². The molecular weight excluding hydrogens is 282 g/mol. The molecule has 2 aromatic rings. The summed E-state index contributed by atoms with van der Waals surface area (Å²) >= 11 is 0. The molecule has 118 valence electrons. The molecule has 0 aliphatic carbocycles. The zero-order valence-electron chi connectivity index (χ0n) is 13.0. The van der Waals surface area contributed by atoms with E-state index in [-0.39, 0.29) is 6.03 Å². The van der Waals surface area contributed by atoms with Crippen LogP contribution >= 0.6 is 0 Å². The van der Waals surface area contributed by atoms with Crippen molar-refractivity contribution < 1.29 is 14.3 Å². The number of aryl methyl sites for hydroxylation is 1. The number of aromatic nitrogens is 1. The molecule has 22 heavy (non-hydrogen) atoms. The van der Waals surface area contributed by atoms with Gasteiger partial charge >= 0.3 is 6.03 Å². The summed E-state index contributed by atoms with van der Waals surface area (Å²) in [6, 6.07) is 5.94. The average Bonchev–Trinajstić information content (AvgIpc) is 2.89. The molecule has 0 radical (unpaired) electrons. The number of carbonyl (C=O) groups is 1. The van der Waals surface area contributed by atoms with Crippen molar-refractivity contribution in [3.63, 3.8) is 0 Å². The lowest BCUT2D eigenvalue weighted by atomic mass is 10.1. The van der Waals surface area contributed by atoms with E-state index in [1.165, 1.54) is 0 Å². The molecule has 0 saturated carbocycles. The van der Waals surface area contributed by atoms with Gasteiger partial charge in [0.1, 0.15) is 5.75 Å². The van der Waals surface area contributed by atoms with Crippen molar-refractivity contribution in [1.82, 2.24) is 14.8 Å². The summed E-state index contributed by atoms with van der Waals surface area (Å²) in [7, 11) is 3.66. The topological polar surface area (TPSA) is 55.7 Å². The Balaban J connectivity index is 1.74. The smallest absolute Gasteiger partial charge is 0.317 e. The summed E-state index contributed by atoms with van der Waals surface area (Å²) < 4.78 is 12.6. The Morgan fingerprint density at radius 1 is 1.36 bits per heavy atom. The van der Waals surface area contributed by atoms with Crippen LogP contribution in [-0.4, -0.2) is 48.9 Å². The maximum absolute atomic E-state index is 12.2. The highest BCUT2D eigenvalue weighted by Gasteiger charge is 2.17. The predicted molar refractivity (Wildman–Crippen MR) is 84.1 cm³/mol. The Morgan fingerprint density at radius 3 is 2.86 bits per heavy atom. The molecule has 1 aliphatic heterocycles. The summed E-state index contributed by atoms with van der Waals surface area (Å²) in [4.78, 5) is 14.0. The molecule has 1 aromatic heterocycles. The largest absolute Gasteiger partial charge is 0.497 e. The second kappa shape index (κ2) is 6.27. The molecule has 1 fully saturated rings. The summed E-state index contributed by atoms with van der Waals surface area (Å²) in [5.74, 6) is 0.819. The Morgan fingerprint density at radius 2 is 2.14 bits per heavy atom. The van der Waals surface area contributed by atoms with Crippen molar-refractivity contribution in [1.29, 1.82) is 0 Å². The first-order valence-corrected chi connectivity index (χ1v) is 7.41. The highest BCUT2D eigenvalue weighted by molar-refractivity contribution is 5.86. The number of carbonyl (C=O) groups excluding carboxylic acids is 1. The normalized spacial score (nSPS) is 15.1. The van der Waals surface area contributed by atoms with Crippen molar-refractivity contribution in [2.24, 2.45) is 7.05 Å². The van der Waals surface area contributed by atoms with Crippen molar-refractivity contribution in [3.05, 3.63) is 30.0 Å². The fraction of sp³-hybridized carbons (Fsp3) is 0.438. The summed E-state index contributed by atoms with van der Waals surface area (Å²) in [5, 5.41) is 4.09. The molecule has 6 heteroatoms. The molecule has 2 amide bonds. The van der Waals surface area contributed by atoms with Crippen LogP contribution in [0.2, 0.25) is 0 Å². The number of ether oxygens (including phenoxy) is 2. The van der Waals surface area contributed by atoms with Gasteiger partial charge in [-0.25, -0.2) is 4.79 Å². The van der Waals surface area contributed by atoms with Gasteiger partial charge in [0.2, 0.25) is 0 Å². The average molecular weight is 303 g/mol. The molecule has 1 aliphatic rings. The van der Waals surface area contributed by atoms with Gasteiger partial charge in [-0.05, 0) is 23.8 Å². The third-order valence-electron chi connectivity index (χ3n) is 4.01. The van der Waals surface area contributed by atoms with Crippen LogP contribution in [0, 0.1) is 0 Å². The minimum absolute atomic E-state index is 0.0387. The van der Waals surface area contributed by atoms with Crippen LogP contribution in [0.4, 0.5) is 4.79 Å². The van der Waals surface area contributed by atoms with Crippen molar-refractivity contribution >= 4 is 16.9 Å². The zero-order chi connectivity index (χ0) is 15.5. The SMILES string of the molecule is COc1ccc2c(c1)c(CNC(=O)N1CCOCC1)cn2C. The fourth-order valence-corrected chi connectivity index (χ4v) is 2.77. The monoisotopic (exact) mass is 303 g/mol. The van der Waals surface area contributed by atoms with E-state index in [4.69, 9.17) is 9.47 Å². The van der Waals surface area contributed by atoms with Gasteiger partial charge in [0.15, 0.2) is 0 Å². The number of amides is 2. The molecule has 0 bridgehead atoms. The van der Waals surface area contributed by atoms with Crippen LogP contribution in [0.3, 0.4) is 0 Å². The first-order chi connectivity index (χ1) is 10.7. The number of benzene rings is 1. The van der Waals surface area contributed by atoms with Gasteiger partial charge in [0.05, 0.1) is 20.3 Å². The van der Waals surface area contributed by atoms with Crippen LogP contribution in [0.25, 0.3) is 10.9 Å². The van der Waals surface area contributed by atoms with Crippen molar-refractivity contribution in [2.45, 2.75) is 6.54 Å². The number of rotatable bonds is 3. The number of morpholine rings is 1. The number of hydrogen-bond donors (Lipinski definition) is 1. The third kappa shape index (κ3) is 2.87. The summed E-state index contributed by atoms with van der Waals surface area (Å²) in [6.07, 6.45) is 2.05. The quantitative estimate of drug-likeness (QED) is 0.939. The molecular formula is C16H21N3O3. The lowest BCUT2D eigenvalue weighted by molar-refractivity contribution is 0.0531. The van der Waals surface area contributed by atoms with Gasteiger partial charge in [-0.1, -0.05) is 0 Å². The van der Waals surface area contributed by atoms with Gasteiger partial charge in [0.25, 0.3) is 0 Å². The van der Waals surface area contributed by atoms with Crippen LogP contribution < -0.4 is 10.1 Å². The number of nitrogens with zero attached hydrogens (tertiary/aromatic N) is 2. The van der Waals surface area contributed by atoms with E-state index >= 15 is 0 Å². The van der Waals surface area contributed by atoms with E-state index in [1.807, 2.05) is 31.4 Å². The molecule has 1 saturated heterocycles. The molecule has 3 rings (SSSR count). The number of nitrogens with one attached hydrogen (secondary N) is 1. The highest BCUT2D eigenvalue weighted by Crippen LogP contribution is 2.25. The Bertz CT molecular complexity index is 675. The number of fused-ring (bicyclic) bond motifs is 1. The molecule has 0 spiro atoms. The van der Waals surface area contributed by atoms with Crippen molar-refractivity contribution in [2.75, 3.05) is 33.4 Å². The Labute approximate surface area is 129 Å². The van der Waals surface area contributed by atoms with E-state index in [0.717, 1.165) is 22.2 Å². The Kier molecular flexibility index (Phi) is 4.20. The van der Waals surface area contributed by atoms with E-state index in [0.29, 0.717) is 32.8 Å². The lowest BCUT2D eigenvalue weighted by Gasteiger charge is -2.26. The minimum Gasteiger partial charge on any atom is -0.497 e. The van der Waals surface area contributed by atoms with Gasteiger partial charge in [0, 0.05) is 43.8 Å². The summed E-state index contributed by atoms with van der Waals surface area (Å²) in [5.41, 5.74) is 2.20. The molecule has 0 unspecified atom stereocenters. The summed E-state index contributed by atoms with van der Waals surface area (Å²) in [6.45, 7) is 3.02. The highest BCUT2D eigenvalue weighted by atomic mass is 16.5. The second-order valence-electron chi connectivity index (χ2n) is 5.41. The third-order valence-corrected chi connectivity index (χ3v) is 4.01. The first-order valence-electron chi connectivity index (χ1n) is 7.41. The molecule has 1 aromatic carbocycles. The molecule has 2 heterocycles. The van der Waals surface area contributed by atoms with Gasteiger partial charge in [-0.3, -0.25) is 0 Å². The van der Waals surface area contributed by atoms with Gasteiger partial charge < -0.3 is 24.3 Å². The second-order valence-corrected chi connectivity index (χ2v) is 5.41. The van der Waals surface area contributed by atoms with Crippen LogP contribution in [-0.2, 0) is 18.3 Å². The molecule has 1 N–H and O–H groups in total. The lowest BCUT2D eigenvalue weighted by Crippen LogP contribution is -2.45. The standard InChI is InChI=1S/C16H21N3O3/c1-18-11-12(14-9-13(21-2)3-4-15(14)18)10-17-16(20)19-5-7-22-8-6-19/h3-4,9,11H,5-8,10H2,1-2H3,(H,17,20).